The van der Waals surface area contributed by atoms with Gasteiger partial charge in [-0.15, -0.1) is 23.2 Å². The van der Waals surface area contributed by atoms with Crippen LogP contribution in [-0.2, 0) is 4.79 Å². The van der Waals surface area contributed by atoms with Crippen molar-refractivity contribution in [1.82, 2.24) is 4.98 Å². The highest BCUT2D eigenvalue weighted by Gasteiger charge is 2.68. The molecule has 4 nitrogen and oxygen atoms in total. The molecule has 1 aromatic carbocycles. The van der Waals surface area contributed by atoms with Gasteiger partial charge >= 0.3 is 6.18 Å². The van der Waals surface area contributed by atoms with Crippen molar-refractivity contribution >= 4 is 55.8 Å². The van der Waals surface area contributed by atoms with Crippen LogP contribution in [0.3, 0.4) is 0 Å². The Hall–Kier alpha value is -1.25. The van der Waals surface area contributed by atoms with Crippen LogP contribution in [0, 0.1) is 5.41 Å². The molecule has 0 bridgehead atoms. The number of fused-ring (bicyclic) bond motifs is 1. The number of thiazole rings is 1. The monoisotopic (exact) mass is 398 g/mol. The zero-order valence-electron chi connectivity index (χ0n) is 12.2. The molecule has 130 valence electrons. The minimum absolute atomic E-state index is 0.0797. The molecule has 1 N–H and O–H groups in total. The molecule has 0 saturated heterocycles. The van der Waals surface area contributed by atoms with Crippen LogP contribution in [0.2, 0.25) is 0 Å². The van der Waals surface area contributed by atoms with Gasteiger partial charge in [0.1, 0.15) is 10.1 Å². The largest absolute Gasteiger partial charge is 0.484 e. The van der Waals surface area contributed by atoms with Gasteiger partial charge in [0.05, 0.1) is 15.6 Å². The van der Waals surface area contributed by atoms with Crippen LogP contribution < -0.4 is 10.1 Å². The highest BCUT2D eigenvalue weighted by molar-refractivity contribution is 7.22. The van der Waals surface area contributed by atoms with Gasteiger partial charge < -0.3 is 10.1 Å². The first kappa shape index (κ1) is 17.6. The summed E-state index contributed by atoms with van der Waals surface area (Å²) in [5, 5.41) is 2.96. The second-order valence-corrected chi connectivity index (χ2v) is 8.23. The van der Waals surface area contributed by atoms with Crippen LogP contribution in [0.15, 0.2) is 18.2 Å². The average molecular weight is 399 g/mol. The van der Waals surface area contributed by atoms with E-state index in [-0.39, 0.29) is 11.7 Å². The molecular formula is C14H11Cl2F3N2O2S. The van der Waals surface area contributed by atoms with E-state index in [1.54, 1.807) is 6.92 Å². The van der Waals surface area contributed by atoms with Crippen molar-refractivity contribution in [2.45, 2.75) is 23.9 Å². The van der Waals surface area contributed by atoms with Gasteiger partial charge in [0, 0.05) is 0 Å². The summed E-state index contributed by atoms with van der Waals surface area (Å²) in [4.78, 5) is 16.4. The summed E-state index contributed by atoms with van der Waals surface area (Å²) in [5.74, 6) is -0.267. The van der Waals surface area contributed by atoms with Crippen molar-refractivity contribution in [2.75, 3.05) is 11.9 Å². The van der Waals surface area contributed by atoms with E-state index in [1.165, 1.54) is 18.2 Å². The molecule has 0 aliphatic heterocycles. The van der Waals surface area contributed by atoms with Crippen molar-refractivity contribution in [3.05, 3.63) is 18.2 Å². The maximum atomic E-state index is 12.2. The second-order valence-electron chi connectivity index (χ2n) is 5.72. The first-order valence-corrected chi connectivity index (χ1v) is 8.37. The van der Waals surface area contributed by atoms with Crippen LogP contribution in [0.4, 0.5) is 18.3 Å². The number of halogens is 5. The van der Waals surface area contributed by atoms with Gasteiger partial charge in [0.2, 0.25) is 5.91 Å². The van der Waals surface area contributed by atoms with E-state index in [2.05, 4.69) is 10.3 Å². The van der Waals surface area contributed by atoms with Gasteiger partial charge in [-0.2, -0.15) is 13.2 Å². The Labute approximate surface area is 148 Å². The lowest BCUT2D eigenvalue weighted by molar-refractivity contribution is -0.153. The molecule has 1 fully saturated rings. The molecule has 1 saturated carbocycles. The minimum atomic E-state index is -4.41. The summed E-state index contributed by atoms with van der Waals surface area (Å²) in [6, 6.07) is 4.37. The number of rotatable bonds is 4. The third-order valence-electron chi connectivity index (χ3n) is 3.74. The Bertz CT molecular complexity index is 809. The fourth-order valence-corrected chi connectivity index (χ4v) is 3.69. The molecule has 24 heavy (non-hydrogen) atoms. The van der Waals surface area contributed by atoms with Crippen LogP contribution in [0.5, 0.6) is 5.75 Å². The molecule has 1 aliphatic carbocycles. The Morgan fingerprint density at radius 2 is 2.12 bits per heavy atom. The molecule has 10 heteroatoms. The molecule has 1 aliphatic rings. The lowest BCUT2D eigenvalue weighted by Gasteiger charge is -2.10. The molecule has 1 heterocycles. The van der Waals surface area contributed by atoms with E-state index in [0.29, 0.717) is 21.8 Å². The molecule has 0 radical (unpaired) electrons. The number of amides is 1. The first-order valence-electron chi connectivity index (χ1n) is 6.80. The molecular weight excluding hydrogens is 388 g/mol. The number of hydrogen-bond acceptors (Lipinski definition) is 4. The number of aromatic nitrogens is 1. The summed E-state index contributed by atoms with van der Waals surface area (Å²) in [5.41, 5.74) is -0.340. The zero-order valence-corrected chi connectivity index (χ0v) is 14.5. The number of ether oxygens (including phenoxy) is 1. The Morgan fingerprint density at radius 1 is 1.46 bits per heavy atom. The molecule has 3 rings (SSSR count). The number of carbonyl (C=O) groups excluding carboxylic acids is 1. The Balaban J connectivity index is 1.73. The summed E-state index contributed by atoms with van der Waals surface area (Å²) in [6.07, 6.45) is -4.06. The van der Waals surface area contributed by atoms with Gasteiger partial charge in [-0.25, -0.2) is 4.98 Å². The smallest absolute Gasteiger partial charge is 0.422 e. The standard InChI is InChI=1S/C14H11Cl2F3N2O2S/c1-12(5-13(12,15)16)10(22)21-11-20-8-3-2-7(4-9(8)24-11)23-6-14(17,18)19/h2-4H,5-6H2,1H3,(H,20,21,22). The van der Waals surface area contributed by atoms with Gasteiger partial charge in [-0.3, -0.25) is 4.79 Å². The van der Waals surface area contributed by atoms with Gasteiger partial charge in [-0.05, 0) is 31.5 Å². The lowest BCUT2D eigenvalue weighted by Crippen LogP contribution is -2.25. The molecule has 1 atom stereocenters. The van der Waals surface area contributed by atoms with Crippen LogP contribution in [0.1, 0.15) is 13.3 Å². The average Bonchev–Trinajstić information content (AvgIpc) is 2.80. The second kappa shape index (κ2) is 5.64. The molecule has 1 aromatic heterocycles. The minimum Gasteiger partial charge on any atom is -0.484 e. The lowest BCUT2D eigenvalue weighted by atomic mass is 10.1. The predicted octanol–water partition coefficient (Wildman–Crippen LogP) is 4.76. The normalized spacial score (nSPS) is 22.4. The van der Waals surface area contributed by atoms with Gasteiger partial charge in [0.15, 0.2) is 11.7 Å². The Morgan fingerprint density at radius 3 is 2.71 bits per heavy atom. The maximum absolute atomic E-state index is 12.2. The molecule has 0 spiro atoms. The van der Waals surface area contributed by atoms with Gasteiger partial charge in [0.25, 0.3) is 0 Å². The summed E-state index contributed by atoms with van der Waals surface area (Å²) < 4.78 is 40.7. The predicted molar refractivity (Wildman–Crippen MR) is 87.0 cm³/mol. The van der Waals surface area contributed by atoms with E-state index in [1.807, 2.05) is 0 Å². The van der Waals surface area contributed by atoms with E-state index >= 15 is 0 Å². The highest BCUT2D eigenvalue weighted by Crippen LogP contribution is 2.64. The van der Waals surface area contributed by atoms with Crippen molar-refractivity contribution < 1.29 is 22.7 Å². The van der Waals surface area contributed by atoms with Crippen LogP contribution in [-0.4, -0.2) is 28.0 Å². The van der Waals surface area contributed by atoms with E-state index in [0.717, 1.165) is 11.3 Å². The van der Waals surface area contributed by atoms with E-state index in [9.17, 15) is 18.0 Å². The first-order chi connectivity index (χ1) is 11.0. The topological polar surface area (TPSA) is 51.2 Å². The molecule has 1 unspecified atom stereocenters. The van der Waals surface area contributed by atoms with Crippen LogP contribution >= 0.6 is 34.5 Å². The third-order valence-corrected chi connectivity index (χ3v) is 5.78. The summed E-state index contributed by atoms with van der Waals surface area (Å²) in [6.45, 7) is 0.283. The van der Waals surface area contributed by atoms with E-state index in [4.69, 9.17) is 27.9 Å². The van der Waals surface area contributed by atoms with Crippen LogP contribution in [0.25, 0.3) is 10.2 Å². The molecule has 1 amide bonds. The number of benzene rings is 1. The Kier molecular flexibility index (Phi) is 4.13. The number of hydrogen-bond donors (Lipinski definition) is 1. The van der Waals surface area contributed by atoms with Crippen molar-refractivity contribution in [1.29, 1.82) is 0 Å². The summed E-state index contributed by atoms with van der Waals surface area (Å²) >= 11 is 13.0. The highest BCUT2D eigenvalue weighted by atomic mass is 35.5. The van der Waals surface area contributed by atoms with Crippen molar-refractivity contribution in [3.63, 3.8) is 0 Å². The number of anilines is 1. The number of alkyl halides is 5. The van der Waals surface area contributed by atoms with E-state index < -0.39 is 22.5 Å². The number of nitrogens with zero attached hydrogens (tertiary/aromatic N) is 1. The fraction of sp³-hybridized carbons (Fsp3) is 0.429. The molecule has 2 aromatic rings. The zero-order chi connectivity index (χ0) is 17.8. The maximum Gasteiger partial charge on any atom is 0.422 e. The van der Waals surface area contributed by atoms with Gasteiger partial charge in [-0.1, -0.05) is 11.3 Å². The summed E-state index contributed by atoms with van der Waals surface area (Å²) in [7, 11) is 0. The third kappa shape index (κ3) is 3.41. The van der Waals surface area contributed by atoms with Crippen molar-refractivity contribution in [2.24, 2.45) is 5.41 Å². The van der Waals surface area contributed by atoms with Crippen molar-refractivity contribution in [3.8, 4) is 5.75 Å². The quantitative estimate of drug-likeness (QED) is 0.755. The number of carbonyl (C=O) groups is 1. The fourth-order valence-electron chi connectivity index (χ4n) is 2.09. The number of nitrogens with one attached hydrogen (secondary N) is 1. The SMILES string of the molecule is CC1(C(=O)Nc2nc3ccc(OCC(F)(F)F)cc3s2)CC1(Cl)Cl.